The molecule has 2 unspecified atom stereocenters. The summed E-state index contributed by atoms with van der Waals surface area (Å²) >= 11 is 0. The fourth-order valence-electron chi connectivity index (χ4n) is 3.30. The highest BCUT2D eigenvalue weighted by Crippen LogP contribution is 2.29. The summed E-state index contributed by atoms with van der Waals surface area (Å²) in [5.41, 5.74) is 2.50. The summed E-state index contributed by atoms with van der Waals surface area (Å²) in [7, 11) is 0. The average Bonchev–Trinajstić information content (AvgIpc) is 2.37. The molecule has 1 saturated carbocycles. The molecule has 19 heavy (non-hydrogen) atoms. The predicted octanol–water partition coefficient (Wildman–Crippen LogP) is 4.08. The van der Waals surface area contributed by atoms with Crippen molar-refractivity contribution in [2.24, 2.45) is 11.8 Å². The highest BCUT2D eigenvalue weighted by molar-refractivity contribution is 5.17. The van der Waals surface area contributed by atoms with Crippen LogP contribution in [-0.2, 0) is 6.54 Å². The highest BCUT2D eigenvalue weighted by Gasteiger charge is 2.22. The van der Waals surface area contributed by atoms with Gasteiger partial charge in [0.25, 0.3) is 0 Å². The Morgan fingerprint density at radius 2 is 2.21 bits per heavy atom. The number of hydrogen-bond donors (Lipinski definition) is 1. The zero-order valence-corrected chi connectivity index (χ0v) is 12.7. The summed E-state index contributed by atoms with van der Waals surface area (Å²) in [5.74, 6) is 1.76. The van der Waals surface area contributed by atoms with Crippen molar-refractivity contribution in [2.45, 2.75) is 65.5 Å². The normalized spacial score (nSPS) is 23.8. The van der Waals surface area contributed by atoms with Gasteiger partial charge >= 0.3 is 0 Å². The summed E-state index contributed by atoms with van der Waals surface area (Å²) in [6.45, 7) is 7.75. The standard InChI is InChI=1S/C17H28N2/c1-13(2)10-15-7-4-8-16(11-15)19-12-17-14(3)6-5-9-18-17/h5-6,9,13,15-16,19H,4,7-8,10-12H2,1-3H3. The Morgan fingerprint density at radius 1 is 1.37 bits per heavy atom. The van der Waals surface area contributed by atoms with E-state index >= 15 is 0 Å². The van der Waals surface area contributed by atoms with Crippen molar-refractivity contribution in [1.82, 2.24) is 10.3 Å². The lowest BCUT2D eigenvalue weighted by Gasteiger charge is -2.31. The maximum absolute atomic E-state index is 4.47. The van der Waals surface area contributed by atoms with E-state index in [1.54, 1.807) is 0 Å². The molecule has 1 aromatic heterocycles. The van der Waals surface area contributed by atoms with Crippen molar-refractivity contribution in [2.75, 3.05) is 0 Å². The van der Waals surface area contributed by atoms with Crippen LogP contribution in [0, 0.1) is 18.8 Å². The van der Waals surface area contributed by atoms with Gasteiger partial charge in [-0.25, -0.2) is 0 Å². The largest absolute Gasteiger partial charge is 0.308 e. The second kappa shape index (κ2) is 7.04. The van der Waals surface area contributed by atoms with Crippen LogP contribution in [-0.4, -0.2) is 11.0 Å². The van der Waals surface area contributed by atoms with Crippen LogP contribution < -0.4 is 5.32 Å². The fraction of sp³-hybridized carbons (Fsp3) is 0.706. The third-order valence-corrected chi connectivity index (χ3v) is 4.26. The zero-order chi connectivity index (χ0) is 13.7. The molecule has 1 aromatic rings. The van der Waals surface area contributed by atoms with Crippen molar-refractivity contribution in [3.8, 4) is 0 Å². The van der Waals surface area contributed by atoms with Crippen LogP contribution in [0.2, 0.25) is 0 Å². The molecule has 0 bridgehead atoms. The van der Waals surface area contributed by atoms with Gasteiger partial charge in [-0.05, 0) is 49.7 Å². The number of nitrogens with zero attached hydrogens (tertiary/aromatic N) is 1. The molecular weight excluding hydrogens is 232 g/mol. The zero-order valence-electron chi connectivity index (χ0n) is 12.7. The molecule has 0 spiro atoms. The first-order valence-electron chi connectivity index (χ1n) is 7.79. The Hall–Kier alpha value is -0.890. The molecule has 1 aliphatic rings. The van der Waals surface area contributed by atoms with E-state index in [-0.39, 0.29) is 0 Å². The third-order valence-electron chi connectivity index (χ3n) is 4.26. The predicted molar refractivity (Wildman–Crippen MR) is 81.0 cm³/mol. The molecule has 106 valence electrons. The summed E-state index contributed by atoms with van der Waals surface area (Å²) in [5, 5.41) is 3.72. The number of nitrogens with one attached hydrogen (secondary N) is 1. The van der Waals surface area contributed by atoms with Crippen LogP contribution in [0.3, 0.4) is 0 Å². The molecule has 2 nitrogen and oxygen atoms in total. The van der Waals surface area contributed by atoms with Crippen molar-refractivity contribution in [1.29, 1.82) is 0 Å². The molecule has 0 aliphatic heterocycles. The lowest BCUT2D eigenvalue weighted by atomic mass is 9.81. The molecular formula is C17H28N2. The molecule has 2 atom stereocenters. The van der Waals surface area contributed by atoms with Crippen molar-refractivity contribution < 1.29 is 0 Å². The van der Waals surface area contributed by atoms with E-state index in [0.717, 1.165) is 18.4 Å². The van der Waals surface area contributed by atoms with Gasteiger partial charge in [0, 0.05) is 18.8 Å². The second-order valence-electron chi connectivity index (χ2n) is 6.51. The molecule has 0 aromatic carbocycles. The van der Waals surface area contributed by atoms with E-state index in [1.165, 1.54) is 43.4 Å². The molecule has 1 fully saturated rings. The van der Waals surface area contributed by atoms with Gasteiger partial charge < -0.3 is 5.32 Å². The number of hydrogen-bond acceptors (Lipinski definition) is 2. The topological polar surface area (TPSA) is 24.9 Å². The number of aromatic nitrogens is 1. The summed E-state index contributed by atoms with van der Waals surface area (Å²) in [6.07, 6.45) is 8.78. The van der Waals surface area contributed by atoms with Crippen molar-refractivity contribution >= 4 is 0 Å². The molecule has 0 radical (unpaired) electrons. The van der Waals surface area contributed by atoms with Gasteiger partial charge in [0.15, 0.2) is 0 Å². The van der Waals surface area contributed by atoms with Crippen LogP contribution in [0.1, 0.15) is 57.2 Å². The summed E-state index contributed by atoms with van der Waals surface area (Å²) in [4.78, 5) is 4.47. The SMILES string of the molecule is Cc1cccnc1CNC1CCCC(CC(C)C)C1. The maximum Gasteiger partial charge on any atom is 0.0570 e. The quantitative estimate of drug-likeness (QED) is 0.862. The number of pyridine rings is 1. The smallest absolute Gasteiger partial charge is 0.0570 e. The van der Waals surface area contributed by atoms with E-state index in [1.807, 2.05) is 12.3 Å². The van der Waals surface area contributed by atoms with Gasteiger partial charge in [-0.3, -0.25) is 4.98 Å². The molecule has 1 N–H and O–H groups in total. The number of rotatable bonds is 5. The van der Waals surface area contributed by atoms with Gasteiger partial charge in [-0.2, -0.15) is 0 Å². The Balaban J connectivity index is 1.81. The van der Waals surface area contributed by atoms with Crippen molar-refractivity contribution in [3.05, 3.63) is 29.6 Å². The molecule has 1 aliphatic carbocycles. The van der Waals surface area contributed by atoms with Gasteiger partial charge in [-0.15, -0.1) is 0 Å². The van der Waals surface area contributed by atoms with Crippen LogP contribution in [0.15, 0.2) is 18.3 Å². The van der Waals surface area contributed by atoms with E-state index in [4.69, 9.17) is 0 Å². The van der Waals surface area contributed by atoms with Crippen molar-refractivity contribution in [3.63, 3.8) is 0 Å². The average molecular weight is 260 g/mol. The van der Waals surface area contributed by atoms with Gasteiger partial charge in [0.05, 0.1) is 5.69 Å². The minimum absolute atomic E-state index is 0.693. The molecule has 0 saturated heterocycles. The van der Waals surface area contributed by atoms with Crippen LogP contribution in [0.4, 0.5) is 0 Å². The van der Waals surface area contributed by atoms with Gasteiger partial charge in [-0.1, -0.05) is 32.8 Å². The summed E-state index contributed by atoms with van der Waals surface area (Å²) < 4.78 is 0. The fourth-order valence-corrected chi connectivity index (χ4v) is 3.30. The number of aryl methyl sites for hydroxylation is 1. The van der Waals surface area contributed by atoms with E-state index in [2.05, 4.69) is 37.1 Å². The molecule has 2 rings (SSSR count). The Bertz CT molecular complexity index is 387. The first-order chi connectivity index (χ1) is 9.15. The Kier molecular flexibility index (Phi) is 5.38. The minimum atomic E-state index is 0.693. The van der Waals surface area contributed by atoms with E-state index in [0.29, 0.717) is 6.04 Å². The van der Waals surface area contributed by atoms with E-state index in [9.17, 15) is 0 Å². The van der Waals surface area contributed by atoms with Crippen LogP contribution >= 0.6 is 0 Å². The lowest BCUT2D eigenvalue weighted by molar-refractivity contribution is 0.251. The Labute approximate surface area is 118 Å². The summed E-state index contributed by atoms with van der Waals surface area (Å²) in [6, 6.07) is 4.85. The highest BCUT2D eigenvalue weighted by atomic mass is 14.9. The van der Waals surface area contributed by atoms with Crippen LogP contribution in [0.25, 0.3) is 0 Å². The second-order valence-corrected chi connectivity index (χ2v) is 6.51. The molecule has 0 amide bonds. The maximum atomic E-state index is 4.47. The lowest BCUT2D eigenvalue weighted by Crippen LogP contribution is -2.34. The first kappa shape index (κ1) is 14.5. The third kappa shape index (κ3) is 4.61. The van der Waals surface area contributed by atoms with Crippen LogP contribution in [0.5, 0.6) is 0 Å². The monoisotopic (exact) mass is 260 g/mol. The molecule has 2 heteroatoms. The van der Waals surface area contributed by atoms with Gasteiger partial charge in [0.2, 0.25) is 0 Å². The first-order valence-corrected chi connectivity index (χ1v) is 7.79. The van der Waals surface area contributed by atoms with E-state index < -0.39 is 0 Å². The van der Waals surface area contributed by atoms with Gasteiger partial charge in [0.1, 0.15) is 0 Å². The molecule has 1 heterocycles. The minimum Gasteiger partial charge on any atom is -0.308 e. The Morgan fingerprint density at radius 3 is 2.95 bits per heavy atom.